The fourth-order valence-electron chi connectivity index (χ4n) is 3.16. The number of imidazole rings is 1. The molecule has 1 amide bonds. The molecule has 2 aromatic rings. The van der Waals surface area contributed by atoms with Crippen molar-refractivity contribution in [2.75, 3.05) is 13.1 Å². The van der Waals surface area contributed by atoms with Gasteiger partial charge in [-0.2, -0.15) is 0 Å². The molecule has 0 bridgehead atoms. The predicted octanol–water partition coefficient (Wildman–Crippen LogP) is 2.58. The van der Waals surface area contributed by atoms with Crippen molar-refractivity contribution in [3.63, 3.8) is 0 Å². The van der Waals surface area contributed by atoms with Crippen LogP contribution in [0.3, 0.4) is 0 Å². The van der Waals surface area contributed by atoms with Gasteiger partial charge in [0, 0.05) is 43.6 Å². The Kier molecular flexibility index (Phi) is 4.32. The van der Waals surface area contributed by atoms with E-state index >= 15 is 0 Å². The zero-order chi connectivity index (χ0) is 16.4. The number of carbonyl (C=O) groups is 1. The maximum atomic E-state index is 12.6. The molecule has 2 aromatic heterocycles. The molecule has 0 aliphatic carbocycles. The number of hydrogen-bond donors (Lipinski definition) is 1. The Bertz CT molecular complexity index is 695. The van der Waals surface area contributed by atoms with Crippen molar-refractivity contribution in [2.24, 2.45) is 0 Å². The zero-order valence-electron chi connectivity index (χ0n) is 13.5. The molecular weight excluding hydrogens is 292 g/mol. The molecule has 1 aliphatic rings. The normalized spacial score (nSPS) is 18.4. The van der Waals surface area contributed by atoms with Crippen LogP contribution in [0.15, 0.2) is 30.7 Å². The number of piperidine rings is 1. The monoisotopic (exact) mass is 314 g/mol. The number of likely N-dealkylation sites (tertiary alicyclic amines) is 1. The summed E-state index contributed by atoms with van der Waals surface area (Å²) >= 11 is 0. The van der Waals surface area contributed by atoms with Crippen molar-refractivity contribution in [2.45, 2.75) is 38.6 Å². The molecule has 0 aromatic carbocycles. The maximum Gasteiger partial charge on any atom is 0.276 e. The quantitative estimate of drug-likeness (QED) is 0.945. The first-order chi connectivity index (χ1) is 11.1. The lowest BCUT2D eigenvalue weighted by molar-refractivity contribution is 0.0693. The van der Waals surface area contributed by atoms with Crippen LogP contribution in [0.5, 0.6) is 5.75 Å². The van der Waals surface area contributed by atoms with Gasteiger partial charge in [0.2, 0.25) is 0 Å². The van der Waals surface area contributed by atoms with Gasteiger partial charge in [-0.15, -0.1) is 0 Å². The summed E-state index contributed by atoms with van der Waals surface area (Å²) in [6.07, 6.45) is 7.28. The fraction of sp³-hybridized carbons (Fsp3) is 0.471. The molecule has 0 unspecified atom stereocenters. The van der Waals surface area contributed by atoms with Gasteiger partial charge in [-0.25, -0.2) is 9.97 Å². The van der Waals surface area contributed by atoms with Crippen molar-refractivity contribution >= 4 is 5.91 Å². The van der Waals surface area contributed by atoms with Crippen LogP contribution in [0.25, 0.3) is 0 Å². The van der Waals surface area contributed by atoms with E-state index < -0.39 is 0 Å². The highest BCUT2D eigenvalue weighted by molar-refractivity contribution is 5.94. The molecule has 6 nitrogen and oxygen atoms in total. The van der Waals surface area contributed by atoms with Crippen LogP contribution in [-0.4, -0.2) is 43.5 Å². The molecule has 1 atom stereocenters. The largest absolute Gasteiger partial charge is 0.505 e. The second-order valence-electron chi connectivity index (χ2n) is 6.25. The van der Waals surface area contributed by atoms with Gasteiger partial charge in [0.05, 0.1) is 0 Å². The molecule has 3 heterocycles. The lowest BCUT2D eigenvalue weighted by Gasteiger charge is -2.33. The number of carbonyl (C=O) groups excluding carboxylic acids is 1. The molecule has 1 fully saturated rings. The van der Waals surface area contributed by atoms with Gasteiger partial charge in [-0.05, 0) is 38.8 Å². The number of aromatic hydroxyl groups is 1. The highest BCUT2D eigenvalue weighted by Crippen LogP contribution is 2.29. The topological polar surface area (TPSA) is 71.2 Å². The number of aromatic nitrogens is 3. The first-order valence-corrected chi connectivity index (χ1v) is 8.04. The van der Waals surface area contributed by atoms with Crippen molar-refractivity contribution in [3.8, 4) is 5.75 Å². The van der Waals surface area contributed by atoms with Gasteiger partial charge in [-0.1, -0.05) is 0 Å². The van der Waals surface area contributed by atoms with Crippen LogP contribution in [-0.2, 0) is 0 Å². The second-order valence-corrected chi connectivity index (χ2v) is 6.25. The van der Waals surface area contributed by atoms with Gasteiger partial charge < -0.3 is 14.6 Å². The third-order valence-corrected chi connectivity index (χ3v) is 4.32. The first-order valence-electron chi connectivity index (χ1n) is 8.04. The smallest absolute Gasteiger partial charge is 0.276 e. The number of rotatable bonds is 3. The molecule has 6 heteroatoms. The lowest BCUT2D eigenvalue weighted by atomic mass is 9.96. The van der Waals surface area contributed by atoms with Crippen LogP contribution >= 0.6 is 0 Å². The van der Waals surface area contributed by atoms with Crippen LogP contribution < -0.4 is 0 Å². The molecule has 0 spiro atoms. The van der Waals surface area contributed by atoms with E-state index in [1.54, 1.807) is 11.0 Å². The number of pyridine rings is 1. The summed E-state index contributed by atoms with van der Waals surface area (Å²) in [7, 11) is 0. The van der Waals surface area contributed by atoms with Crippen molar-refractivity contribution < 1.29 is 9.90 Å². The summed E-state index contributed by atoms with van der Waals surface area (Å²) < 4.78 is 2.16. The van der Waals surface area contributed by atoms with E-state index in [9.17, 15) is 9.90 Å². The molecule has 1 saturated heterocycles. The standard InChI is InChI=1S/C17H22N4O2/c1-12(2)21-10-8-19-16(21)13-5-4-9-20(11-13)17(23)15-14(22)6-3-7-18-15/h3,6-8,10,12-13,22H,4-5,9,11H2,1-2H3/t13-/m1/s1. The van der Waals surface area contributed by atoms with E-state index in [4.69, 9.17) is 0 Å². The average molecular weight is 314 g/mol. The molecule has 0 radical (unpaired) electrons. The summed E-state index contributed by atoms with van der Waals surface area (Å²) in [6, 6.07) is 3.45. The van der Waals surface area contributed by atoms with Gasteiger partial charge in [0.1, 0.15) is 11.6 Å². The number of hydrogen-bond acceptors (Lipinski definition) is 4. The molecule has 122 valence electrons. The molecular formula is C17H22N4O2. The highest BCUT2D eigenvalue weighted by atomic mass is 16.3. The van der Waals surface area contributed by atoms with Crippen LogP contribution in [0.4, 0.5) is 0 Å². The first kappa shape index (κ1) is 15.5. The average Bonchev–Trinajstić information content (AvgIpc) is 3.05. The van der Waals surface area contributed by atoms with Crippen molar-refractivity contribution in [3.05, 3.63) is 42.2 Å². The Morgan fingerprint density at radius 3 is 2.91 bits per heavy atom. The van der Waals surface area contributed by atoms with E-state index in [0.29, 0.717) is 19.1 Å². The van der Waals surface area contributed by atoms with Gasteiger partial charge in [0.15, 0.2) is 5.69 Å². The van der Waals surface area contributed by atoms with Gasteiger partial charge in [0.25, 0.3) is 5.91 Å². The Hall–Kier alpha value is -2.37. The molecule has 3 rings (SSSR count). The summed E-state index contributed by atoms with van der Waals surface area (Å²) in [4.78, 5) is 22.9. The summed E-state index contributed by atoms with van der Waals surface area (Å²) in [5.74, 6) is 0.970. The Labute approximate surface area is 135 Å². The van der Waals surface area contributed by atoms with E-state index in [0.717, 1.165) is 18.7 Å². The minimum absolute atomic E-state index is 0.0664. The third-order valence-electron chi connectivity index (χ3n) is 4.32. The molecule has 23 heavy (non-hydrogen) atoms. The number of amides is 1. The summed E-state index contributed by atoms with van der Waals surface area (Å²) in [5.41, 5.74) is 0.125. The predicted molar refractivity (Wildman–Crippen MR) is 86.4 cm³/mol. The Morgan fingerprint density at radius 1 is 1.35 bits per heavy atom. The second kappa shape index (κ2) is 6.40. The summed E-state index contributed by atoms with van der Waals surface area (Å²) in [5, 5.41) is 9.85. The number of nitrogens with zero attached hydrogens (tertiary/aromatic N) is 4. The van der Waals surface area contributed by atoms with Gasteiger partial charge in [-0.3, -0.25) is 4.79 Å². The summed E-state index contributed by atoms with van der Waals surface area (Å²) in [6.45, 7) is 5.55. The Balaban J connectivity index is 1.80. The van der Waals surface area contributed by atoms with E-state index in [1.165, 1.54) is 12.3 Å². The molecule has 1 aliphatic heterocycles. The van der Waals surface area contributed by atoms with E-state index in [-0.39, 0.29) is 23.3 Å². The zero-order valence-corrected chi connectivity index (χ0v) is 13.5. The molecule has 0 saturated carbocycles. The van der Waals surface area contributed by atoms with E-state index in [1.807, 2.05) is 12.4 Å². The van der Waals surface area contributed by atoms with Gasteiger partial charge >= 0.3 is 0 Å². The highest BCUT2D eigenvalue weighted by Gasteiger charge is 2.29. The minimum Gasteiger partial charge on any atom is -0.505 e. The van der Waals surface area contributed by atoms with E-state index in [2.05, 4.69) is 28.4 Å². The van der Waals surface area contributed by atoms with Crippen molar-refractivity contribution in [1.82, 2.24) is 19.4 Å². The Morgan fingerprint density at radius 2 is 2.17 bits per heavy atom. The van der Waals surface area contributed by atoms with Crippen molar-refractivity contribution in [1.29, 1.82) is 0 Å². The lowest BCUT2D eigenvalue weighted by Crippen LogP contribution is -2.40. The van der Waals surface area contributed by atoms with Crippen LogP contribution in [0.2, 0.25) is 0 Å². The van der Waals surface area contributed by atoms with Crippen LogP contribution in [0.1, 0.15) is 55.0 Å². The minimum atomic E-state index is -0.213. The molecule has 1 N–H and O–H groups in total. The van der Waals surface area contributed by atoms with Crippen LogP contribution in [0, 0.1) is 0 Å². The third kappa shape index (κ3) is 3.06. The maximum absolute atomic E-state index is 12.6. The SMILES string of the molecule is CC(C)n1ccnc1[C@@H]1CCCN(C(=O)c2ncccc2O)C1. The fourth-order valence-corrected chi connectivity index (χ4v) is 3.16.